The lowest BCUT2D eigenvalue weighted by Gasteiger charge is -2.38. The zero-order valence-electron chi connectivity index (χ0n) is 13.5. The smallest absolute Gasteiger partial charge is 0.0180 e. The fourth-order valence-electron chi connectivity index (χ4n) is 4.00. The third-order valence-electron chi connectivity index (χ3n) is 5.33. The van der Waals surface area contributed by atoms with Crippen molar-refractivity contribution in [1.82, 2.24) is 0 Å². The van der Waals surface area contributed by atoms with Crippen molar-refractivity contribution in [3.63, 3.8) is 0 Å². The van der Waals surface area contributed by atoms with Gasteiger partial charge in [-0.3, -0.25) is 0 Å². The van der Waals surface area contributed by atoms with Gasteiger partial charge >= 0.3 is 0 Å². The molecule has 0 saturated carbocycles. The molecule has 0 bridgehead atoms. The van der Waals surface area contributed by atoms with E-state index < -0.39 is 0 Å². The minimum Gasteiger partial charge on any atom is -0.142 e. The summed E-state index contributed by atoms with van der Waals surface area (Å²) in [4.78, 5) is 1.88. The molecule has 2 aromatic carbocycles. The molecule has 0 amide bonds. The second-order valence-corrected chi connectivity index (χ2v) is 7.91. The summed E-state index contributed by atoms with van der Waals surface area (Å²) in [6.45, 7) is 11.1. The van der Waals surface area contributed by atoms with Crippen molar-refractivity contribution < 1.29 is 0 Å². The number of fused-ring (bicyclic) bond motifs is 2. The Bertz CT molecular complexity index is 730. The Morgan fingerprint density at radius 2 is 1.59 bits per heavy atom. The van der Waals surface area contributed by atoms with Crippen LogP contribution in [-0.4, -0.2) is 0 Å². The summed E-state index contributed by atoms with van der Waals surface area (Å²) in [5.41, 5.74) is 2.94. The summed E-state index contributed by atoms with van der Waals surface area (Å²) >= 11 is 9.02. The third kappa shape index (κ3) is 2.61. The van der Waals surface area contributed by atoms with E-state index in [0.717, 1.165) is 9.79 Å². The van der Waals surface area contributed by atoms with Crippen LogP contribution in [-0.2, 0) is 0 Å². The zero-order chi connectivity index (χ0) is 16.0. The summed E-state index contributed by atoms with van der Waals surface area (Å²) in [6, 6.07) is 8.97. The van der Waals surface area contributed by atoms with E-state index in [0.29, 0.717) is 23.7 Å². The molecule has 2 heteroatoms. The summed E-state index contributed by atoms with van der Waals surface area (Å²) < 4.78 is 0. The average Bonchev–Trinajstić information content (AvgIpc) is 2.47. The Balaban J connectivity index is 2.22. The summed E-state index contributed by atoms with van der Waals surface area (Å²) in [6.07, 6.45) is 3.33. The van der Waals surface area contributed by atoms with Crippen molar-refractivity contribution in [2.24, 2.45) is 11.8 Å². The van der Waals surface area contributed by atoms with E-state index in [4.69, 9.17) is 0 Å². The second kappa shape index (κ2) is 5.98. The van der Waals surface area contributed by atoms with Crippen molar-refractivity contribution in [3.8, 4) is 0 Å². The van der Waals surface area contributed by atoms with E-state index >= 15 is 0 Å². The topological polar surface area (TPSA) is 0 Å². The largest absolute Gasteiger partial charge is 0.142 e. The lowest BCUT2D eigenvalue weighted by atomic mass is 9.67. The van der Waals surface area contributed by atoms with Gasteiger partial charge in [0.1, 0.15) is 0 Å². The number of hydrogen-bond donors (Lipinski definition) is 2. The van der Waals surface area contributed by atoms with Crippen LogP contribution in [0, 0.1) is 11.8 Å². The van der Waals surface area contributed by atoms with Gasteiger partial charge in [0.2, 0.25) is 0 Å². The van der Waals surface area contributed by atoms with Crippen molar-refractivity contribution in [2.45, 2.75) is 48.8 Å². The average molecular weight is 329 g/mol. The first-order chi connectivity index (χ1) is 10.4. The number of rotatable bonds is 2. The first kappa shape index (κ1) is 16.0. The highest BCUT2D eigenvalue weighted by atomic mass is 32.1. The van der Waals surface area contributed by atoms with Crippen molar-refractivity contribution in [1.29, 1.82) is 0 Å². The van der Waals surface area contributed by atoms with Crippen LogP contribution in [0.3, 0.4) is 0 Å². The molecule has 0 aromatic heterocycles. The molecule has 0 radical (unpaired) electrons. The molecule has 3 unspecified atom stereocenters. The van der Waals surface area contributed by atoms with E-state index in [1.165, 1.54) is 28.3 Å². The predicted octanol–water partition coefficient (Wildman–Crippen LogP) is 6.47. The summed E-state index contributed by atoms with van der Waals surface area (Å²) in [5, 5.41) is 2.52. The van der Waals surface area contributed by atoms with Crippen LogP contribution in [0.2, 0.25) is 0 Å². The molecule has 3 atom stereocenters. The Hall–Kier alpha value is -0.860. The minimum atomic E-state index is 0.460. The summed E-state index contributed by atoms with van der Waals surface area (Å²) in [7, 11) is 0. The highest BCUT2D eigenvalue weighted by Gasteiger charge is 2.33. The highest BCUT2D eigenvalue weighted by molar-refractivity contribution is 7.83. The van der Waals surface area contributed by atoms with Crippen LogP contribution >= 0.6 is 25.3 Å². The van der Waals surface area contributed by atoms with Crippen LogP contribution in [0.1, 0.15) is 50.2 Å². The predicted molar refractivity (Wildman–Crippen MR) is 103 cm³/mol. The Kier molecular flexibility index (Phi) is 4.35. The molecule has 0 aliphatic heterocycles. The number of allylic oxidation sites excluding steroid dienone is 1. The Labute approximate surface area is 144 Å². The van der Waals surface area contributed by atoms with Gasteiger partial charge in [-0.25, -0.2) is 0 Å². The fraction of sp³-hybridized carbons (Fsp3) is 0.400. The molecule has 0 nitrogen and oxygen atoms in total. The molecule has 3 rings (SSSR count). The molecule has 0 N–H and O–H groups in total. The second-order valence-electron chi connectivity index (χ2n) is 6.94. The molecular formula is C20H24S2. The number of hydrogen-bond acceptors (Lipinski definition) is 2. The van der Waals surface area contributed by atoms with Crippen molar-refractivity contribution in [2.75, 3.05) is 0 Å². The van der Waals surface area contributed by atoms with Crippen LogP contribution < -0.4 is 0 Å². The fourth-order valence-corrected chi connectivity index (χ4v) is 4.41. The van der Waals surface area contributed by atoms with Crippen LogP contribution in [0.15, 0.2) is 46.7 Å². The number of thiol groups is 2. The number of benzene rings is 2. The van der Waals surface area contributed by atoms with Gasteiger partial charge in [-0.15, -0.1) is 31.8 Å². The Morgan fingerprint density at radius 1 is 1.05 bits per heavy atom. The standard InChI is InChI=1S/C20H24S2/c1-5-13-6-16(11(2)3)12(4)17-7-14-9-19(21)20(22)10-15(14)8-18(13)17/h5,7-13,16,21-22H,1,6H2,2-4H3. The molecule has 1 aliphatic carbocycles. The van der Waals surface area contributed by atoms with Gasteiger partial charge in [-0.1, -0.05) is 39.0 Å². The van der Waals surface area contributed by atoms with Gasteiger partial charge < -0.3 is 0 Å². The van der Waals surface area contributed by atoms with Crippen LogP contribution in [0.25, 0.3) is 10.8 Å². The normalized spacial score (nSPS) is 24.5. The van der Waals surface area contributed by atoms with Gasteiger partial charge in [0, 0.05) is 15.7 Å². The third-order valence-corrected chi connectivity index (χ3v) is 6.25. The van der Waals surface area contributed by atoms with E-state index in [1.807, 2.05) is 0 Å². The molecule has 1 aliphatic rings. The maximum Gasteiger partial charge on any atom is 0.0180 e. The maximum atomic E-state index is 4.52. The molecule has 2 aromatic rings. The molecule has 116 valence electrons. The van der Waals surface area contributed by atoms with Gasteiger partial charge in [0.15, 0.2) is 0 Å². The van der Waals surface area contributed by atoms with Crippen LogP contribution in [0.4, 0.5) is 0 Å². The van der Waals surface area contributed by atoms with E-state index in [-0.39, 0.29) is 0 Å². The maximum absolute atomic E-state index is 4.52. The SMILES string of the molecule is C=CC1CC(C(C)C)C(C)c2cc3cc(S)c(S)cc3cc21. The van der Waals surface area contributed by atoms with Gasteiger partial charge in [-0.2, -0.15) is 0 Å². The van der Waals surface area contributed by atoms with E-state index in [1.54, 1.807) is 0 Å². The van der Waals surface area contributed by atoms with Crippen molar-refractivity contribution >= 4 is 36.0 Å². The van der Waals surface area contributed by atoms with Gasteiger partial charge in [0.05, 0.1) is 0 Å². The first-order valence-corrected chi connectivity index (χ1v) is 8.94. The zero-order valence-corrected chi connectivity index (χ0v) is 15.3. The quantitative estimate of drug-likeness (QED) is 0.458. The molecule has 0 saturated heterocycles. The van der Waals surface area contributed by atoms with Gasteiger partial charge in [-0.05, 0) is 58.2 Å². The lowest BCUT2D eigenvalue weighted by molar-refractivity contribution is 0.283. The van der Waals surface area contributed by atoms with Crippen LogP contribution in [0.5, 0.6) is 0 Å². The van der Waals surface area contributed by atoms with Gasteiger partial charge in [0.25, 0.3) is 0 Å². The summed E-state index contributed by atoms with van der Waals surface area (Å²) in [5.74, 6) is 2.46. The Morgan fingerprint density at radius 3 is 2.09 bits per heavy atom. The minimum absolute atomic E-state index is 0.460. The highest BCUT2D eigenvalue weighted by Crippen LogP contribution is 2.47. The monoisotopic (exact) mass is 328 g/mol. The first-order valence-electron chi connectivity index (χ1n) is 8.04. The van der Waals surface area contributed by atoms with E-state index in [2.05, 4.69) is 82.9 Å². The lowest BCUT2D eigenvalue weighted by Crippen LogP contribution is -2.25. The molecule has 0 heterocycles. The molecule has 22 heavy (non-hydrogen) atoms. The molecule has 0 spiro atoms. The molecule has 0 fully saturated rings. The molecular weight excluding hydrogens is 304 g/mol. The van der Waals surface area contributed by atoms with E-state index in [9.17, 15) is 0 Å². The van der Waals surface area contributed by atoms with Crippen molar-refractivity contribution in [3.05, 3.63) is 48.0 Å².